The predicted molar refractivity (Wildman–Crippen MR) is 99.7 cm³/mol. The third-order valence-electron chi connectivity index (χ3n) is 4.22. The Labute approximate surface area is 152 Å². The van der Waals surface area contributed by atoms with Crippen LogP contribution >= 0.6 is 0 Å². The van der Waals surface area contributed by atoms with Gasteiger partial charge in [-0.15, -0.1) is 0 Å². The van der Waals surface area contributed by atoms with Gasteiger partial charge in [-0.2, -0.15) is 4.98 Å². The second-order valence-electron chi connectivity index (χ2n) is 6.37. The van der Waals surface area contributed by atoms with E-state index in [1.807, 2.05) is 39.0 Å². The van der Waals surface area contributed by atoms with Crippen LogP contribution < -0.4 is 4.72 Å². The second kappa shape index (κ2) is 6.60. The van der Waals surface area contributed by atoms with Crippen LogP contribution in [0.5, 0.6) is 0 Å². The average Bonchev–Trinajstić information content (AvgIpc) is 3.14. The minimum Gasteiger partial charge on any atom is -0.361 e. The SMILES string of the molecule is CCc1noc(-c2c(C)[nH]c(C)c2S(=O)(=O)Nc2cc(C)ccc2C)n1. The molecule has 8 heteroatoms. The van der Waals surface area contributed by atoms with E-state index in [1.54, 1.807) is 13.8 Å². The molecule has 2 aromatic heterocycles. The van der Waals surface area contributed by atoms with Gasteiger partial charge < -0.3 is 9.51 Å². The first-order valence-corrected chi connectivity index (χ1v) is 9.83. The molecule has 0 amide bonds. The van der Waals surface area contributed by atoms with Crippen molar-refractivity contribution in [3.8, 4) is 11.5 Å². The van der Waals surface area contributed by atoms with E-state index in [0.717, 1.165) is 11.1 Å². The molecule has 0 radical (unpaired) electrons. The van der Waals surface area contributed by atoms with E-state index in [-0.39, 0.29) is 10.8 Å². The fourth-order valence-corrected chi connectivity index (χ4v) is 4.47. The van der Waals surface area contributed by atoms with Crippen LogP contribution in [0.15, 0.2) is 27.6 Å². The highest BCUT2D eigenvalue weighted by atomic mass is 32.2. The number of sulfonamides is 1. The van der Waals surface area contributed by atoms with Crippen LogP contribution in [0.2, 0.25) is 0 Å². The minimum absolute atomic E-state index is 0.127. The lowest BCUT2D eigenvalue weighted by atomic mass is 10.1. The van der Waals surface area contributed by atoms with Gasteiger partial charge in [0, 0.05) is 17.8 Å². The maximum absolute atomic E-state index is 13.1. The Bertz CT molecular complexity index is 1060. The fourth-order valence-electron chi connectivity index (χ4n) is 2.89. The molecule has 2 N–H and O–H groups in total. The van der Waals surface area contributed by atoms with Crippen molar-refractivity contribution in [2.45, 2.75) is 45.9 Å². The molecule has 0 aliphatic carbocycles. The highest BCUT2D eigenvalue weighted by Gasteiger charge is 2.29. The summed E-state index contributed by atoms with van der Waals surface area (Å²) < 4.78 is 34.3. The number of nitrogens with one attached hydrogen (secondary N) is 2. The van der Waals surface area contributed by atoms with Crippen molar-refractivity contribution < 1.29 is 12.9 Å². The number of aromatic amines is 1. The summed E-state index contributed by atoms with van der Waals surface area (Å²) in [6.45, 7) is 9.18. The molecule has 0 atom stereocenters. The van der Waals surface area contributed by atoms with Crippen molar-refractivity contribution >= 4 is 15.7 Å². The quantitative estimate of drug-likeness (QED) is 0.710. The molecule has 0 fully saturated rings. The Morgan fingerprint density at radius 3 is 2.54 bits per heavy atom. The summed E-state index contributed by atoms with van der Waals surface area (Å²) in [6, 6.07) is 5.63. The number of hydrogen-bond donors (Lipinski definition) is 2. The molecule has 2 heterocycles. The highest BCUT2D eigenvalue weighted by Crippen LogP contribution is 2.34. The molecule has 0 unspecified atom stereocenters. The summed E-state index contributed by atoms with van der Waals surface area (Å²) in [5.74, 6) is 0.731. The van der Waals surface area contributed by atoms with Crippen LogP contribution in [0.25, 0.3) is 11.5 Å². The lowest BCUT2D eigenvalue weighted by molar-refractivity contribution is 0.422. The average molecular weight is 374 g/mol. The van der Waals surface area contributed by atoms with Gasteiger partial charge in [0.1, 0.15) is 4.90 Å². The van der Waals surface area contributed by atoms with Gasteiger partial charge in [-0.05, 0) is 44.9 Å². The number of anilines is 1. The van der Waals surface area contributed by atoms with Crippen LogP contribution in [0.3, 0.4) is 0 Å². The van der Waals surface area contributed by atoms with E-state index < -0.39 is 10.0 Å². The van der Waals surface area contributed by atoms with E-state index in [0.29, 0.717) is 34.9 Å². The number of rotatable bonds is 5. The van der Waals surface area contributed by atoms with Crippen LogP contribution in [-0.4, -0.2) is 23.5 Å². The second-order valence-corrected chi connectivity index (χ2v) is 7.99. The van der Waals surface area contributed by atoms with Crippen molar-refractivity contribution in [1.29, 1.82) is 0 Å². The van der Waals surface area contributed by atoms with Gasteiger partial charge in [-0.1, -0.05) is 24.2 Å². The molecule has 138 valence electrons. The van der Waals surface area contributed by atoms with E-state index in [4.69, 9.17) is 4.52 Å². The Hall–Kier alpha value is -2.61. The van der Waals surface area contributed by atoms with Crippen LogP contribution in [0, 0.1) is 27.7 Å². The summed E-state index contributed by atoms with van der Waals surface area (Å²) in [4.78, 5) is 7.50. The molecule has 3 aromatic rings. The topological polar surface area (TPSA) is 101 Å². The lowest BCUT2D eigenvalue weighted by Gasteiger charge is -2.12. The van der Waals surface area contributed by atoms with Gasteiger partial charge in [0.15, 0.2) is 5.82 Å². The normalized spacial score (nSPS) is 11.7. The van der Waals surface area contributed by atoms with E-state index in [1.165, 1.54) is 0 Å². The summed E-state index contributed by atoms with van der Waals surface area (Å²) in [5, 5.41) is 3.88. The smallest absolute Gasteiger partial charge is 0.264 e. The Kier molecular flexibility index (Phi) is 4.62. The first kappa shape index (κ1) is 18.2. The third-order valence-corrected chi connectivity index (χ3v) is 5.76. The van der Waals surface area contributed by atoms with E-state index >= 15 is 0 Å². The predicted octanol–water partition coefficient (Wildman–Crippen LogP) is 3.66. The van der Waals surface area contributed by atoms with Gasteiger partial charge >= 0.3 is 0 Å². The molecule has 0 aliphatic rings. The first-order valence-electron chi connectivity index (χ1n) is 8.35. The van der Waals surface area contributed by atoms with Gasteiger partial charge in [0.05, 0.1) is 11.3 Å². The Morgan fingerprint density at radius 2 is 1.88 bits per heavy atom. The monoisotopic (exact) mass is 374 g/mol. The van der Waals surface area contributed by atoms with Gasteiger partial charge in [0.2, 0.25) is 0 Å². The maximum Gasteiger partial charge on any atom is 0.264 e. The van der Waals surface area contributed by atoms with Crippen LogP contribution in [0.4, 0.5) is 5.69 Å². The summed E-state index contributed by atoms with van der Waals surface area (Å²) in [6.07, 6.45) is 0.606. The standard InChI is InChI=1S/C18H22N4O3S/c1-6-15-20-18(25-21-15)16-12(4)19-13(5)17(16)26(23,24)22-14-9-10(2)7-8-11(14)3/h7-9,19,22H,6H2,1-5H3. The molecule has 26 heavy (non-hydrogen) atoms. The minimum atomic E-state index is -3.85. The zero-order valence-corrected chi connectivity index (χ0v) is 16.3. The number of nitrogens with zero attached hydrogens (tertiary/aromatic N) is 2. The number of H-pyrrole nitrogens is 1. The lowest BCUT2D eigenvalue weighted by Crippen LogP contribution is -2.15. The maximum atomic E-state index is 13.1. The number of benzene rings is 1. The number of aromatic nitrogens is 3. The summed E-state index contributed by atoms with van der Waals surface area (Å²) in [7, 11) is -3.85. The van der Waals surface area contributed by atoms with Gasteiger partial charge in [0.25, 0.3) is 15.9 Å². The molecule has 3 rings (SSSR count). The molecule has 0 aliphatic heterocycles. The molecular formula is C18H22N4O3S. The van der Waals surface area contributed by atoms with E-state index in [2.05, 4.69) is 19.8 Å². The largest absolute Gasteiger partial charge is 0.361 e. The molecule has 0 saturated heterocycles. The zero-order valence-electron chi connectivity index (χ0n) is 15.5. The van der Waals surface area contributed by atoms with Crippen molar-refractivity contribution in [3.63, 3.8) is 0 Å². The first-order chi connectivity index (χ1) is 12.2. The summed E-state index contributed by atoms with van der Waals surface area (Å²) >= 11 is 0. The Balaban J connectivity index is 2.12. The van der Waals surface area contributed by atoms with Crippen LogP contribution in [-0.2, 0) is 16.4 Å². The van der Waals surface area contributed by atoms with E-state index in [9.17, 15) is 8.42 Å². The molecule has 1 aromatic carbocycles. The molecular weight excluding hydrogens is 352 g/mol. The van der Waals surface area contributed by atoms with Gasteiger partial charge in [-0.3, -0.25) is 4.72 Å². The summed E-state index contributed by atoms with van der Waals surface area (Å²) in [5.41, 5.74) is 3.96. The van der Waals surface area contributed by atoms with Crippen molar-refractivity contribution in [2.24, 2.45) is 0 Å². The van der Waals surface area contributed by atoms with Gasteiger partial charge in [-0.25, -0.2) is 8.42 Å². The van der Waals surface area contributed by atoms with Crippen LogP contribution in [0.1, 0.15) is 35.3 Å². The molecule has 0 bridgehead atoms. The van der Waals surface area contributed by atoms with Crippen molar-refractivity contribution in [3.05, 3.63) is 46.5 Å². The Morgan fingerprint density at radius 1 is 1.15 bits per heavy atom. The molecule has 7 nitrogen and oxygen atoms in total. The highest BCUT2D eigenvalue weighted by molar-refractivity contribution is 7.93. The number of hydrogen-bond acceptors (Lipinski definition) is 5. The van der Waals surface area contributed by atoms with Crippen molar-refractivity contribution in [2.75, 3.05) is 4.72 Å². The fraction of sp³-hybridized carbons (Fsp3) is 0.333. The third kappa shape index (κ3) is 3.24. The molecule has 0 saturated carbocycles. The zero-order chi connectivity index (χ0) is 19.1. The molecule has 0 spiro atoms. The number of aryl methyl sites for hydroxylation is 5. The van der Waals surface area contributed by atoms with Crippen molar-refractivity contribution in [1.82, 2.24) is 15.1 Å².